The molecule has 0 aliphatic rings. The maximum atomic E-state index is 13.1. The van der Waals surface area contributed by atoms with Crippen LogP contribution in [0.5, 0.6) is 0 Å². The van der Waals surface area contributed by atoms with Crippen molar-refractivity contribution in [3.63, 3.8) is 0 Å². The molecule has 4 heteroatoms. The normalized spacial score (nSPS) is 11.3. The van der Waals surface area contributed by atoms with Gasteiger partial charge in [0.25, 0.3) is 0 Å². The molecule has 3 nitrogen and oxygen atoms in total. The molecule has 98 valence electrons. The molecule has 0 atom stereocenters. The van der Waals surface area contributed by atoms with Crippen LogP contribution in [0.1, 0.15) is 31.9 Å². The van der Waals surface area contributed by atoms with Gasteiger partial charge >= 0.3 is 0 Å². The number of nitrogens with zero attached hydrogens (tertiary/aromatic N) is 1. The molecule has 0 saturated carbocycles. The summed E-state index contributed by atoms with van der Waals surface area (Å²) in [4.78, 5) is 0. The Bertz CT molecular complexity index is 432. The molecule has 1 rings (SSSR count). The van der Waals surface area contributed by atoms with E-state index < -0.39 is 5.82 Å². The van der Waals surface area contributed by atoms with E-state index in [0.717, 1.165) is 0 Å². The molecule has 0 radical (unpaired) electrons. The Morgan fingerprint density at radius 3 is 2.56 bits per heavy atom. The summed E-state index contributed by atoms with van der Waals surface area (Å²) < 4.78 is 24.0. The zero-order valence-electron chi connectivity index (χ0n) is 11.0. The fourth-order valence-corrected chi connectivity index (χ4v) is 1.40. The highest BCUT2D eigenvalue weighted by molar-refractivity contribution is 5.33. The molecule has 0 aliphatic carbocycles. The van der Waals surface area contributed by atoms with Gasteiger partial charge in [-0.05, 0) is 44.5 Å². The molecule has 0 aliphatic heterocycles. The number of ether oxygens (including phenoxy) is 2. The Balaban J connectivity index is 2.36. The van der Waals surface area contributed by atoms with Gasteiger partial charge in [-0.15, -0.1) is 0 Å². The van der Waals surface area contributed by atoms with Crippen LogP contribution in [0.2, 0.25) is 0 Å². The van der Waals surface area contributed by atoms with Crippen LogP contribution in [0.15, 0.2) is 18.2 Å². The van der Waals surface area contributed by atoms with Crippen molar-refractivity contribution in [2.45, 2.75) is 33.0 Å². The molecule has 0 fully saturated rings. The van der Waals surface area contributed by atoms with Crippen molar-refractivity contribution in [1.29, 1.82) is 5.26 Å². The fourth-order valence-electron chi connectivity index (χ4n) is 1.40. The average molecular weight is 251 g/mol. The van der Waals surface area contributed by atoms with Crippen LogP contribution in [-0.2, 0) is 16.1 Å². The van der Waals surface area contributed by atoms with E-state index in [9.17, 15) is 4.39 Å². The van der Waals surface area contributed by atoms with Gasteiger partial charge in [0.1, 0.15) is 5.82 Å². The number of hydrogen-bond donors (Lipinski definition) is 0. The van der Waals surface area contributed by atoms with E-state index in [1.165, 1.54) is 12.1 Å². The van der Waals surface area contributed by atoms with Crippen LogP contribution in [0.3, 0.4) is 0 Å². The monoisotopic (exact) mass is 251 g/mol. The average Bonchev–Trinajstić information content (AvgIpc) is 2.26. The van der Waals surface area contributed by atoms with Crippen molar-refractivity contribution in [3.8, 4) is 6.07 Å². The standard InChI is InChI=1S/C14H18FNO2/c1-14(2,3)18-5-4-17-10-12-6-11(9-16)7-13(15)8-12/h6-8H,4-5,10H2,1-3H3. The van der Waals surface area contributed by atoms with Gasteiger partial charge in [0.2, 0.25) is 0 Å². The first-order chi connectivity index (χ1) is 8.40. The first-order valence-electron chi connectivity index (χ1n) is 5.82. The van der Waals surface area contributed by atoms with Crippen LogP contribution in [0.4, 0.5) is 4.39 Å². The van der Waals surface area contributed by atoms with Gasteiger partial charge < -0.3 is 9.47 Å². The van der Waals surface area contributed by atoms with E-state index in [2.05, 4.69) is 0 Å². The minimum Gasteiger partial charge on any atom is -0.374 e. The molecule has 1 aromatic rings. The third-order valence-corrected chi connectivity index (χ3v) is 2.12. The quantitative estimate of drug-likeness (QED) is 0.755. The molecule has 0 bridgehead atoms. The third-order valence-electron chi connectivity index (χ3n) is 2.12. The van der Waals surface area contributed by atoms with Crippen LogP contribution >= 0.6 is 0 Å². The lowest BCUT2D eigenvalue weighted by atomic mass is 10.1. The van der Waals surface area contributed by atoms with Gasteiger partial charge in [-0.1, -0.05) is 0 Å². The van der Waals surface area contributed by atoms with Crippen LogP contribution < -0.4 is 0 Å². The molecule has 0 heterocycles. The van der Waals surface area contributed by atoms with Gasteiger partial charge in [-0.3, -0.25) is 0 Å². The van der Waals surface area contributed by atoms with Crippen molar-refractivity contribution < 1.29 is 13.9 Å². The molecular weight excluding hydrogens is 233 g/mol. The molecule has 18 heavy (non-hydrogen) atoms. The fraction of sp³-hybridized carbons (Fsp3) is 0.500. The highest BCUT2D eigenvalue weighted by atomic mass is 19.1. The van der Waals surface area contributed by atoms with Crippen molar-refractivity contribution in [2.24, 2.45) is 0 Å². The lowest BCUT2D eigenvalue weighted by Crippen LogP contribution is -2.21. The highest BCUT2D eigenvalue weighted by Crippen LogP contribution is 2.10. The van der Waals surface area contributed by atoms with E-state index in [1.807, 2.05) is 26.8 Å². The minimum absolute atomic E-state index is 0.184. The Morgan fingerprint density at radius 2 is 1.94 bits per heavy atom. The van der Waals surface area contributed by atoms with Crippen LogP contribution in [0.25, 0.3) is 0 Å². The molecule has 1 aromatic carbocycles. The Hall–Kier alpha value is -1.44. The Morgan fingerprint density at radius 1 is 1.22 bits per heavy atom. The van der Waals surface area contributed by atoms with Gasteiger partial charge in [-0.2, -0.15) is 5.26 Å². The molecule has 0 amide bonds. The summed E-state index contributed by atoms with van der Waals surface area (Å²) in [6.45, 7) is 7.12. The minimum atomic E-state index is -0.418. The van der Waals surface area contributed by atoms with E-state index in [0.29, 0.717) is 24.3 Å². The van der Waals surface area contributed by atoms with Crippen molar-refractivity contribution in [3.05, 3.63) is 35.1 Å². The summed E-state index contributed by atoms with van der Waals surface area (Å²) in [6, 6.07) is 6.10. The maximum Gasteiger partial charge on any atom is 0.124 e. The first kappa shape index (κ1) is 14.6. The second-order valence-corrected chi connectivity index (χ2v) is 4.97. The van der Waals surface area contributed by atoms with Gasteiger partial charge in [-0.25, -0.2) is 4.39 Å². The first-order valence-corrected chi connectivity index (χ1v) is 5.82. The summed E-state index contributed by atoms with van der Waals surface area (Å²) in [5.74, 6) is -0.418. The molecule has 0 aromatic heterocycles. The molecule has 0 saturated heterocycles. The number of hydrogen-bond acceptors (Lipinski definition) is 3. The smallest absolute Gasteiger partial charge is 0.124 e. The van der Waals surface area contributed by atoms with Crippen molar-refractivity contribution in [1.82, 2.24) is 0 Å². The van der Waals surface area contributed by atoms with E-state index in [1.54, 1.807) is 6.07 Å². The summed E-state index contributed by atoms with van der Waals surface area (Å²) in [5.41, 5.74) is 0.776. The molecular formula is C14H18FNO2. The predicted octanol–water partition coefficient (Wildman–Crippen LogP) is 3.03. The van der Waals surface area contributed by atoms with Crippen molar-refractivity contribution in [2.75, 3.05) is 13.2 Å². The summed E-state index contributed by atoms with van der Waals surface area (Å²) in [6.07, 6.45) is 0. The second kappa shape index (κ2) is 6.48. The predicted molar refractivity (Wildman–Crippen MR) is 66.5 cm³/mol. The van der Waals surface area contributed by atoms with E-state index >= 15 is 0 Å². The number of halogens is 1. The Labute approximate surface area is 107 Å². The van der Waals surface area contributed by atoms with Gasteiger partial charge in [0.15, 0.2) is 0 Å². The maximum absolute atomic E-state index is 13.1. The van der Waals surface area contributed by atoms with Gasteiger partial charge in [0.05, 0.1) is 37.1 Å². The number of benzene rings is 1. The highest BCUT2D eigenvalue weighted by Gasteiger charge is 2.09. The zero-order valence-corrected chi connectivity index (χ0v) is 11.0. The molecule has 0 spiro atoms. The number of rotatable bonds is 5. The van der Waals surface area contributed by atoms with Crippen LogP contribution in [-0.4, -0.2) is 18.8 Å². The third kappa shape index (κ3) is 5.76. The SMILES string of the molecule is CC(C)(C)OCCOCc1cc(F)cc(C#N)c1. The van der Waals surface area contributed by atoms with E-state index in [4.69, 9.17) is 14.7 Å². The topological polar surface area (TPSA) is 42.2 Å². The van der Waals surface area contributed by atoms with Crippen molar-refractivity contribution >= 4 is 0 Å². The molecule has 0 N–H and O–H groups in total. The molecule has 0 unspecified atom stereocenters. The lowest BCUT2D eigenvalue weighted by molar-refractivity contribution is -0.0377. The van der Waals surface area contributed by atoms with Gasteiger partial charge in [0, 0.05) is 0 Å². The number of nitriles is 1. The summed E-state index contributed by atoms with van der Waals surface area (Å²) in [5, 5.41) is 8.71. The second-order valence-electron chi connectivity index (χ2n) is 4.97. The Kier molecular flexibility index (Phi) is 5.26. The summed E-state index contributed by atoms with van der Waals surface area (Å²) >= 11 is 0. The summed E-state index contributed by atoms with van der Waals surface area (Å²) in [7, 11) is 0. The largest absolute Gasteiger partial charge is 0.374 e. The van der Waals surface area contributed by atoms with Crippen LogP contribution in [0, 0.1) is 17.1 Å². The van der Waals surface area contributed by atoms with E-state index in [-0.39, 0.29) is 12.2 Å². The zero-order chi connectivity index (χ0) is 13.6. The lowest BCUT2D eigenvalue weighted by Gasteiger charge is -2.19.